The van der Waals surface area contributed by atoms with Gasteiger partial charge in [-0.15, -0.1) is 5.10 Å². The highest BCUT2D eigenvalue weighted by atomic mass is 16.2. The number of benzene rings is 2. The van der Waals surface area contributed by atoms with Crippen molar-refractivity contribution in [3.8, 4) is 17.5 Å². The molecule has 0 aliphatic carbocycles. The molecule has 11 heteroatoms. The molecule has 0 saturated carbocycles. The van der Waals surface area contributed by atoms with E-state index in [4.69, 9.17) is 0 Å². The number of nitriles is 1. The van der Waals surface area contributed by atoms with Gasteiger partial charge in [0, 0.05) is 36.1 Å². The van der Waals surface area contributed by atoms with Crippen molar-refractivity contribution in [1.29, 1.82) is 5.26 Å². The van der Waals surface area contributed by atoms with Crippen LogP contribution in [-0.2, 0) is 7.05 Å². The number of aromatic amines is 1. The first-order valence-corrected chi connectivity index (χ1v) is 10.4. The number of rotatable bonds is 5. The van der Waals surface area contributed by atoms with Gasteiger partial charge in [0.15, 0.2) is 5.82 Å². The number of nitrogens with zero attached hydrogens (tertiary/aromatic N) is 6. The van der Waals surface area contributed by atoms with Crippen LogP contribution in [-0.4, -0.2) is 42.0 Å². The van der Waals surface area contributed by atoms with Gasteiger partial charge in [0.2, 0.25) is 0 Å². The molecule has 0 unspecified atom stereocenters. The molecule has 2 aromatic carbocycles. The molecule has 3 aromatic heterocycles. The molecule has 0 fully saturated rings. The zero-order valence-electron chi connectivity index (χ0n) is 18.4. The summed E-state index contributed by atoms with van der Waals surface area (Å²) in [4.78, 5) is 29.6. The second-order valence-electron chi connectivity index (χ2n) is 7.63. The summed E-state index contributed by atoms with van der Waals surface area (Å²) in [5.74, 6) is -0.314. The lowest BCUT2D eigenvalue weighted by molar-refractivity contribution is 0.101. The minimum absolute atomic E-state index is 0.278. The van der Waals surface area contributed by atoms with Gasteiger partial charge in [-0.2, -0.15) is 5.26 Å². The average Bonchev–Trinajstić information content (AvgIpc) is 3.53. The van der Waals surface area contributed by atoms with Gasteiger partial charge in [-0.1, -0.05) is 6.07 Å². The van der Waals surface area contributed by atoms with Gasteiger partial charge in [0.05, 0.1) is 28.4 Å². The van der Waals surface area contributed by atoms with Crippen LogP contribution in [0.15, 0.2) is 67.0 Å². The Morgan fingerprint density at radius 1 is 1.06 bits per heavy atom. The Bertz CT molecular complexity index is 1600. The van der Waals surface area contributed by atoms with Crippen LogP contribution in [0, 0.1) is 11.3 Å². The van der Waals surface area contributed by atoms with E-state index in [2.05, 4.69) is 42.3 Å². The Morgan fingerprint density at radius 2 is 1.94 bits per heavy atom. The summed E-state index contributed by atoms with van der Waals surface area (Å²) in [7, 11) is 1.77. The van der Waals surface area contributed by atoms with Gasteiger partial charge < -0.3 is 15.2 Å². The number of H-pyrrole nitrogens is 1. The quantitative estimate of drug-likeness (QED) is 0.362. The number of aryl methyl sites for hydroxylation is 1. The average molecular weight is 463 g/mol. The number of tetrazole rings is 1. The molecule has 0 spiro atoms. The fraction of sp³-hybridized carbons (Fsp3) is 0.0417. The largest absolute Gasteiger partial charge is 0.340 e. The molecule has 2 amide bonds. The molecule has 0 atom stereocenters. The monoisotopic (exact) mass is 463 g/mol. The summed E-state index contributed by atoms with van der Waals surface area (Å²) in [5.41, 5.74) is 3.54. The first-order chi connectivity index (χ1) is 17.0. The van der Waals surface area contributed by atoms with Crippen LogP contribution in [0.2, 0.25) is 0 Å². The van der Waals surface area contributed by atoms with Crippen LogP contribution in [0.1, 0.15) is 26.4 Å². The van der Waals surface area contributed by atoms with E-state index in [9.17, 15) is 14.9 Å². The first kappa shape index (κ1) is 21.5. The van der Waals surface area contributed by atoms with Crippen LogP contribution in [0.3, 0.4) is 0 Å². The van der Waals surface area contributed by atoms with Crippen molar-refractivity contribution in [2.45, 2.75) is 0 Å². The van der Waals surface area contributed by atoms with Crippen molar-refractivity contribution < 1.29 is 9.59 Å². The summed E-state index contributed by atoms with van der Waals surface area (Å²) >= 11 is 0. The van der Waals surface area contributed by atoms with E-state index < -0.39 is 0 Å². The molecule has 0 aliphatic heterocycles. The number of amides is 2. The Balaban J connectivity index is 1.43. The SMILES string of the molecule is Cn1c(C(=O)Nc2ccc(C#N)cc2-c2nnn[nH]2)cc2ccc(NC(=O)c3cccnc3)cc21. The molecule has 35 heavy (non-hydrogen) atoms. The van der Waals surface area contributed by atoms with Crippen LogP contribution >= 0.6 is 0 Å². The Labute approximate surface area is 198 Å². The number of carbonyl (C=O) groups is 2. The first-order valence-electron chi connectivity index (χ1n) is 10.4. The van der Waals surface area contributed by atoms with Gasteiger partial charge in [-0.25, -0.2) is 5.10 Å². The third kappa shape index (κ3) is 4.19. The van der Waals surface area contributed by atoms with E-state index in [1.165, 1.54) is 6.20 Å². The van der Waals surface area contributed by atoms with Crippen LogP contribution in [0.5, 0.6) is 0 Å². The molecule has 0 radical (unpaired) electrons. The number of hydrogen-bond donors (Lipinski definition) is 3. The second kappa shape index (κ2) is 8.87. The highest BCUT2D eigenvalue weighted by molar-refractivity contribution is 6.09. The minimum Gasteiger partial charge on any atom is -0.340 e. The zero-order chi connectivity index (χ0) is 24.4. The molecule has 170 valence electrons. The third-order valence-corrected chi connectivity index (χ3v) is 5.46. The van der Waals surface area contributed by atoms with E-state index in [0.29, 0.717) is 39.6 Å². The Kier molecular flexibility index (Phi) is 5.44. The smallest absolute Gasteiger partial charge is 0.272 e. The van der Waals surface area contributed by atoms with E-state index in [0.717, 1.165) is 10.9 Å². The number of anilines is 2. The van der Waals surface area contributed by atoms with Gasteiger partial charge >= 0.3 is 0 Å². The topological polar surface area (TPSA) is 154 Å². The van der Waals surface area contributed by atoms with Crippen LogP contribution in [0.4, 0.5) is 11.4 Å². The maximum atomic E-state index is 13.2. The predicted octanol–water partition coefficient (Wildman–Crippen LogP) is 3.13. The highest BCUT2D eigenvalue weighted by Crippen LogP contribution is 2.28. The van der Waals surface area contributed by atoms with Gasteiger partial charge in [0.25, 0.3) is 11.8 Å². The van der Waals surface area contributed by atoms with Gasteiger partial charge in [0.1, 0.15) is 5.69 Å². The minimum atomic E-state index is -0.358. The number of carbonyl (C=O) groups excluding carboxylic acids is 2. The summed E-state index contributed by atoms with van der Waals surface area (Å²) in [6.45, 7) is 0. The lowest BCUT2D eigenvalue weighted by Gasteiger charge is -2.10. The Hall–Kier alpha value is -5.37. The van der Waals surface area contributed by atoms with Crippen molar-refractivity contribution in [3.05, 3.63) is 83.8 Å². The summed E-state index contributed by atoms with van der Waals surface area (Å²) < 4.78 is 1.74. The standard InChI is InChI=1S/C24H17N9O2/c1-33-20-11-17(27-23(34)16-3-2-8-26-13-16)6-5-15(20)10-21(33)24(35)28-19-7-4-14(12-25)9-18(19)22-29-31-32-30-22/h2-11,13H,1H3,(H,27,34)(H,28,35)(H,29,30,31,32). The highest BCUT2D eigenvalue weighted by Gasteiger charge is 2.18. The number of nitrogens with one attached hydrogen (secondary N) is 3. The molecular formula is C24H17N9O2. The van der Waals surface area contributed by atoms with E-state index in [-0.39, 0.29) is 11.8 Å². The van der Waals surface area contributed by atoms with E-state index in [1.807, 2.05) is 6.07 Å². The van der Waals surface area contributed by atoms with Gasteiger partial charge in [-0.05, 0) is 59.0 Å². The summed E-state index contributed by atoms with van der Waals surface area (Å²) in [6.07, 6.45) is 3.09. The zero-order valence-corrected chi connectivity index (χ0v) is 18.4. The third-order valence-electron chi connectivity index (χ3n) is 5.46. The maximum Gasteiger partial charge on any atom is 0.272 e. The Morgan fingerprint density at radius 3 is 2.69 bits per heavy atom. The maximum absolute atomic E-state index is 13.2. The number of pyridine rings is 1. The molecule has 11 nitrogen and oxygen atoms in total. The van der Waals surface area contributed by atoms with Crippen molar-refractivity contribution in [3.63, 3.8) is 0 Å². The normalized spacial score (nSPS) is 10.6. The predicted molar refractivity (Wildman–Crippen MR) is 127 cm³/mol. The number of aromatic nitrogens is 6. The fourth-order valence-electron chi connectivity index (χ4n) is 3.70. The van der Waals surface area contributed by atoms with E-state index in [1.54, 1.807) is 66.3 Å². The molecule has 3 heterocycles. The molecule has 5 rings (SSSR count). The van der Waals surface area contributed by atoms with E-state index >= 15 is 0 Å². The summed E-state index contributed by atoms with van der Waals surface area (Å²) in [6, 6.07) is 17.4. The van der Waals surface area contributed by atoms with Crippen molar-refractivity contribution >= 4 is 34.1 Å². The molecular weight excluding hydrogens is 446 g/mol. The van der Waals surface area contributed by atoms with Crippen molar-refractivity contribution in [2.75, 3.05) is 10.6 Å². The summed E-state index contributed by atoms with van der Waals surface area (Å²) in [5, 5.41) is 29.5. The van der Waals surface area contributed by atoms with Gasteiger partial charge in [-0.3, -0.25) is 14.6 Å². The molecule has 5 aromatic rings. The van der Waals surface area contributed by atoms with Crippen LogP contribution in [0.25, 0.3) is 22.3 Å². The molecule has 0 saturated heterocycles. The molecule has 3 N–H and O–H groups in total. The fourth-order valence-corrected chi connectivity index (χ4v) is 3.70. The lowest BCUT2D eigenvalue weighted by Crippen LogP contribution is -2.16. The number of fused-ring (bicyclic) bond motifs is 1. The molecule has 0 bridgehead atoms. The number of hydrogen-bond acceptors (Lipinski definition) is 7. The van der Waals surface area contributed by atoms with Crippen molar-refractivity contribution in [1.82, 2.24) is 30.2 Å². The molecule has 0 aliphatic rings. The second-order valence-corrected chi connectivity index (χ2v) is 7.63. The lowest BCUT2D eigenvalue weighted by atomic mass is 10.1. The van der Waals surface area contributed by atoms with Crippen LogP contribution < -0.4 is 10.6 Å². The van der Waals surface area contributed by atoms with Crippen molar-refractivity contribution in [2.24, 2.45) is 7.05 Å².